The molecule has 0 aliphatic carbocycles. The van der Waals surface area contributed by atoms with Crippen LogP contribution in [0, 0.1) is 0 Å². The molecule has 0 atom stereocenters. The number of nitrogens with one attached hydrogen (secondary N) is 1. The monoisotopic (exact) mass is 340 g/mol. The molecule has 5 nitrogen and oxygen atoms in total. The highest BCUT2D eigenvalue weighted by atomic mass is 32.2. The van der Waals surface area contributed by atoms with Gasteiger partial charge in [0, 0.05) is 12.1 Å². The van der Waals surface area contributed by atoms with Crippen LogP contribution in [0.3, 0.4) is 0 Å². The second-order valence-electron chi connectivity index (χ2n) is 4.89. The zero-order valence-electron chi connectivity index (χ0n) is 12.3. The molecule has 0 aliphatic rings. The van der Waals surface area contributed by atoms with Crippen molar-refractivity contribution in [3.63, 3.8) is 0 Å². The Morgan fingerprint density at radius 1 is 1.18 bits per heavy atom. The van der Waals surface area contributed by atoms with Gasteiger partial charge in [-0.1, -0.05) is 26.0 Å². The Balaban J connectivity index is 3.04. The fourth-order valence-corrected chi connectivity index (χ4v) is 2.96. The third-order valence-corrected chi connectivity index (χ3v) is 4.83. The molecule has 1 rings (SSSR count). The summed E-state index contributed by atoms with van der Waals surface area (Å²) in [4.78, 5) is -0.582. The Kier molecular flexibility index (Phi) is 5.82. The Hall–Kier alpha value is -1.32. The van der Waals surface area contributed by atoms with Crippen LogP contribution in [0.2, 0.25) is 0 Å². The molecule has 3 N–H and O–H groups in total. The average molecular weight is 340 g/mol. The smallest absolute Gasteiger partial charge is 0.404 e. The summed E-state index contributed by atoms with van der Waals surface area (Å²) < 4.78 is 67.4. The fourth-order valence-electron chi connectivity index (χ4n) is 1.70. The molecule has 0 fully saturated rings. The number of sulfonamides is 1. The average Bonchev–Trinajstić information content (AvgIpc) is 2.43. The normalized spacial score (nSPS) is 13.2. The van der Waals surface area contributed by atoms with Crippen molar-refractivity contribution in [2.45, 2.75) is 43.5 Å². The van der Waals surface area contributed by atoms with E-state index in [-0.39, 0.29) is 6.54 Å². The van der Waals surface area contributed by atoms with E-state index in [1.54, 1.807) is 13.8 Å². The first kappa shape index (κ1) is 18.7. The molecule has 0 aliphatic heterocycles. The number of hydrogen-bond acceptors (Lipinski definition) is 4. The number of halogens is 3. The molecule has 0 bridgehead atoms. The lowest BCUT2D eigenvalue weighted by Crippen LogP contribution is -2.49. The van der Waals surface area contributed by atoms with Gasteiger partial charge in [0.1, 0.15) is 10.6 Å². The molecule has 0 saturated heterocycles. The highest BCUT2D eigenvalue weighted by Gasteiger charge is 2.34. The Morgan fingerprint density at radius 2 is 1.73 bits per heavy atom. The first-order valence-electron chi connectivity index (χ1n) is 6.66. The minimum absolute atomic E-state index is 0.0807. The Labute approximate surface area is 127 Å². The maximum Gasteiger partial charge on any atom is 0.573 e. The largest absolute Gasteiger partial charge is 0.573 e. The van der Waals surface area contributed by atoms with E-state index in [4.69, 9.17) is 5.73 Å². The zero-order valence-corrected chi connectivity index (χ0v) is 13.1. The summed E-state index contributed by atoms with van der Waals surface area (Å²) in [6, 6.07) is 4.55. The van der Waals surface area contributed by atoms with E-state index in [9.17, 15) is 21.6 Å². The van der Waals surface area contributed by atoms with Crippen LogP contribution in [-0.2, 0) is 10.0 Å². The number of benzene rings is 1. The summed E-state index contributed by atoms with van der Waals surface area (Å²) in [5.41, 5.74) is 5.23. The predicted molar refractivity (Wildman–Crippen MR) is 75.8 cm³/mol. The number of rotatable bonds is 7. The highest BCUT2D eigenvalue weighted by molar-refractivity contribution is 7.89. The first-order chi connectivity index (χ1) is 10.0. The summed E-state index contributed by atoms with van der Waals surface area (Å²) >= 11 is 0. The molecule has 1 aromatic rings. The second-order valence-corrected chi connectivity index (χ2v) is 6.62. The second kappa shape index (κ2) is 6.84. The third kappa shape index (κ3) is 5.15. The Bertz CT molecular complexity index is 599. The zero-order chi connectivity index (χ0) is 17.0. The third-order valence-electron chi connectivity index (χ3n) is 3.39. The summed E-state index contributed by atoms with van der Waals surface area (Å²) in [6.07, 6.45) is -3.93. The van der Waals surface area contributed by atoms with E-state index in [0.29, 0.717) is 12.8 Å². The maximum atomic E-state index is 12.3. The van der Waals surface area contributed by atoms with Crippen LogP contribution < -0.4 is 15.2 Å². The van der Waals surface area contributed by atoms with Gasteiger partial charge in [0.15, 0.2) is 0 Å². The van der Waals surface area contributed by atoms with Crippen molar-refractivity contribution in [1.82, 2.24) is 4.72 Å². The summed E-state index contributed by atoms with van der Waals surface area (Å²) in [6.45, 7) is 3.53. The summed E-state index contributed by atoms with van der Waals surface area (Å²) in [7, 11) is -4.17. The molecule has 126 valence electrons. The van der Waals surface area contributed by atoms with Crippen LogP contribution in [0.15, 0.2) is 29.2 Å². The highest BCUT2D eigenvalue weighted by Crippen LogP contribution is 2.29. The van der Waals surface area contributed by atoms with Crippen LogP contribution in [0.4, 0.5) is 13.2 Å². The molecule has 0 saturated carbocycles. The molecule has 0 radical (unpaired) electrons. The lowest BCUT2D eigenvalue weighted by Gasteiger charge is -2.26. The molecule has 9 heteroatoms. The molecule has 1 aromatic carbocycles. The van der Waals surface area contributed by atoms with Gasteiger partial charge in [-0.15, -0.1) is 13.2 Å². The lowest BCUT2D eigenvalue weighted by molar-refractivity contribution is -0.275. The van der Waals surface area contributed by atoms with Crippen molar-refractivity contribution in [2.75, 3.05) is 6.54 Å². The molecule has 22 heavy (non-hydrogen) atoms. The van der Waals surface area contributed by atoms with Gasteiger partial charge in [0.2, 0.25) is 10.0 Å². The molecule has 0 heterocycles. The minimum Gasteiger partial charge on any atom is -0.404 e. The van der Waals surface area contributed by atoms with Gasteiger partial charge in [-0.3, -0.25) is 0 Å². The predicted octanol–water partition coefficient (Wildman–Crippen LogP) is 2.38. The van der Waals surface area contributed by atoms with Gasteiger partial charge < -0.3 is 10.5 Å². The number of ether oxygens (including phenoxy) is 1. The summed E-state index contributed by atoms with van der Waals surface area (Å²) in [5, 5.41) is 0. The lowest BCUT2D eigenvalue weighted by atomic mass is 9.95. The van der Waals surface area contributed by atoms with Crippen molar-refractivity contribution in [3.8, 4) is 5.75 Å². The molecular weight excluding hydrogens is 321 g/mol. The van der Waals surface area contributed by atoms with E-state index in [1.807, 2.05) is 0 Å². The SMILES string of the molecule is CCC(N)(CC)CNS(=O)(=O)c1ccccc1OC(F)(F)F. The number of para-hydroxylation sites is 1. The van der Waals surface area contributed by atoms with Gasteiger partial charge in [-0.25, -0.2) is 13.1 Å². The van der Waals surface area contributed by atoms with E-state index >= 15 is 0 Å². The molecule has 0 unspecified atom stereocenters. The number of alkyl halides is 3. The van der Waals surface area contributed by atoms with Crippen LogP contribution >= 0.6 is 0 Å². The van der Waals surface area contributed by atoms with Gasteiger partial charge in [0.25, 0.3) is 0 Å². The minimum atomic E-state index is -4.98. The number of nitrogens with two attached hydrogens (primary N) is 1. The van der Waals surface area contributed by atoms with E-state index in [1.165, 1.54) is 12.1 Å². The van der Waals surface area contributed by atoms with Gasteiger partial charge in [-0.05, 0) is 25.0 Å². The topological polar surface area (TPSA) is 81.4 Å². The van der Waals surface area contributed by atoms with Crippen molar-refractivity contribution in [2.24, 2.45) is 5.73 Å². The first-order valence-corrected chi connectivity index (χ1v) is 8.14. The van der Waals surface area contributed by atoms with E-state index < -0.39 is 32.6 Å². The van der Waals surface area contributed by atoms with Gasteiger partial charge in [0.05, 0.1) is 0 Å². The quantitative estimate of drug-likeness (QED) is 0.798. The molecule has 0 spiro atoms. The number of hydrogen-bond donors (Lipinski definition) is 2. The molecule has 0 aromatic heterocycles. The van der Waals surface area contributed by atoms with Crippen LogP contribution in [0.5, 0.6) is 5.75 Å². The van der Waals surface area contributed by atoms with Gasteiger partial charge >= 0.3 is 6.36 Å². The van der Waals surface area contributed by atoms with Crippen molar-refractivity contribution < 1.29 is 26.3 Å². The van der Waals surface area contributed by atoms with Crippen LogP contribution in [0.25, 0.3) is 0 Å². The van der Waals surface area contributed by atoms with Crippen molar-refractivity contribution in [3.05, 3.63) is 24.3 Å². The Morgan fingerprint density at radius 3 is 2.23 bits per heavy atom. The van der Waals surface area contributed by atoms with E-state index in [2.05, 4.69) is 9.46 Å². The van der Waals surface area contributed by atoms with Gasteiger partial charge in [-0.2, -0.15) is 0 Å². The molecule has 0 amide bonds. The van der Waals surface area contributed by atoms with E-state index in [0.717, 1.165) is 12.1 Å². The summed E-state index contributed by atoms with van der Waals surface area (Å²) in [5.74, 6) is -0.780. The fraction of sp³-hybridized carbons (Fsp3) is 0.538. The van der Waals surface area contributed by atoms with Crippen molar-refractivity contribution in [1.29, 1.82) is 0 Å². The van der Waals surface area contributed by atoms with Crippen LogP contribution in [-0.4, -0.2) is 26.9 Å². The molecular formula is C13H19F3N2O3S. The standard InChI is InChI=1S/C13H19F3N2O3S/c1-3-12(17,4-2)9-18-22(19,20)11-8-6-5-7-10(11)21-13(14,15)16/h5-8,18H,3-4,9,17H2,1-2H3. The maximum absolute atomic E-state index is 12.3. The van der Waals surface area contributed by atoms with Crippen molar-refractivity contribution >= 4 is 10.0 Å². The van der Waals surface area contributed by atoms with Crippen LogP contribution in [0.1, 0.15) is 26.7 Å².